The van der Waals surface area contributed by atoms with Gasteiger partial charge in [-0.1, -0.05) is 11.2 Å². The van der Waals surface area contributed by atoms with Crippen LogP contribution in [0.2, 0.25) is 0 Å². The van der Waals surface area contributed by atoms with Crippen molar-refractivity contribution in [2.45, 2.75) is 20.8 Å². The number of ether oxygens (including phenoxy) is 2. The lowest BCUT2D eigenvalue weighted by Gasteiger charge is -2.35. The summed E-state index contributed by atoms with van der Waals surface area (Å²) in [6.45, 7) is 7.94. The van der Waals surface area contributed by atoms with Crippen LogP contribution in [0.1, 0.15) is 18.4 Å². The van der Waals surface area contributed by atoms with Gasteiger partial charge in [0, 0.05) is 51.8 Å². The lowest BCUT2D eigenvalue weighted by Crippen LogP contribution is -2.48. The maximum Gasteiger partial charge on any atom is 0.329 e. The van der Waals surface area contributed by atoms with Gasteiger partial charge in [-0.3, -0.25) is 9.69 Å². The molecule has 0 spiro atoms. The van der Waals surface area contributed by atoms with Crippen molar-refractivity contribution in [3.05, 3.63) is 35.8 Å². The van der Waals surface area contributed by atoms with E-state index in [9.17, 15) is 4.79 Å². The average molecular weight is 507 g/mol. The second kappa shape index (κ2) is 9.60. The number of carbonyl (C=O) groups is 1. The number of amides is 1. The minimum atomic E-state index is 0.0809. The Balaban J connectivity index is 1.67. The minimum Gasteiger partial charge on any atom is -0.493 e. The molecular weight excluding hydrogens is 476 g/mol. The van der Waals surface area contributed by atoms with Crippen molar-refractivity contribution < 1.29 is 18.8 Å². The van der Waals surface area contributed by atoms with Crippen LogP contribution in [0.4, 0.5) is 17.7 Å². The minimum absolute atomic E-state index is 0.0809. The summed E-state index contributed by atoms with van der Waals surface area (Å²) < 4.78 is 18.2. The Bertz CT molecular complexity index is 1450. The SMILES string of the molecule is COc1ccc(-c2c(C)nn3c(N(C)c4nc(C)no4)cc(N4CCN(C(C)=O)CC4)nc23)cc1OC. The summed E-state index contributed by atoms with van der Waals surface area (Å²) in [6.07, 6.45) is 0. The molecule has 0 radical (unpaired) electrons. The van der Waals surface area contributed by atoms with E-state index in [1.807, 2.05) is 43.1 Å². The van der Waals surface area contributed by atoms with E-state index in [2.05, 4.69) is 15.0 Å². The van der Waals surface area contributed by atoms with Gasteiger partial charge in [0.15, 0.2) is 23.0 Å². The quantitative estimate of drug-likeness (QED) is 0.387. The maximum atomic E-state index is 11.9. The average Bonchev–Trinajstić information content (AvgIpc) is 3.49. The van der Waals surface area contributed by atoms with Crippen LogP contribution in [0.3, 0.4) is 0 Å². The molecule has 4 heterocycles. The molecule has 0 bridgehead atoms. The number of hydrogen-bond donors (Lipinski definition) is 0. The molecule has 37 heavy (non-hydrogen) atoms. The van der Waals surface area contributed by atoms with E-state index < -0.39 is 0 Å². The first-order valence-electron chi connectivity index (χ1n) is 12.0. The Morgan fingerprint density at radius 2 is 1.76 bits per heavy atom. The number of aryl methyl sites for hydroxylation is 2. The Morgan fingerprint density at radius 1 is 1.03 bits per heavy atom. The normalized spacial score (nSPS) is 13.8. The number of aromatic nitrogens is 5. The molecule has 12 nitrogen and oxygen atoms in total. The fourth-order valence-corrected chi connectivity index (χ4v) is 4.60. The van der Waals surface area contributed by atoms with E-state index in [1.165, 1.54) is 0 Å². The van der Waals surface area contributed by atoms with Crippen molar-refractivity contribution in [3.63, 3.8) is 0 Å². The van der Waals surface area contributed by atoms with Gasteiger partial charge in [-0.05, 0) is 31.5 Å². The van der Waals surface area contributed by atoms with Gasteiger partial charge in [-0.2, -0.15) is 14.6 Å². The van der Waals surface area contributed by atoms with Crippen LogP contribution < -0.4 is 19.3 Å². The van der Waals surface area contributed by atoms with Crippen molar-refractivity contribution >= 4 is 29.2 Å². The number of nitrogens with zero attached hydrogens (tertiary/aromatic N) is 8. The zero-order chi connectivity index (χ0) is 26.3. The number of fused-ring (bicyclic) bond motifs is 1. The van der Waals surface area contributed by atoms with Crippen LogP contribution >= 0.6 is 0 Å². The summed E-state index contributed by atoms with van der Waals surface area (Å²) in [6, 6.07) is 8.07. The summed E-state index contributed by atoms with van der Waals surface area (Å²) in [7, 11) is 5.08. The van der Waals surface area contributed by atoms with Crippen molar-refractivity contribution in [2.24, 2.45) is 0 Å². The highest BCUT2D eigenvalue weighted by Crippen LogP contribution is 2.37. The van der Waals surface area contributed by atoms with Gasteiger partial charge in [-0.25, -0.2) is 4.98 Å². The summed E-state index contributed by atoms with van der Waals surface area (Å²) in [5.41, 5.74) is 3.25. The molecular formula is C25H30N8O4. The van der Waals surface area contributed by atoms with E-state index in [-0.39, 0.29) is 5.91 Å². The predicted molar refractivity (Wildman–Crippen MR) is 138 cm³/mol. The lowest BCUT2D eigenvalue weighted by molar-refractivity contribution is -0.129. The van der Waals surface area contributed by atoms with Crippen molar-refractivity contribution in [3.8, 4) is 22.6 Å². The summed E-state index contributed by atoms with van der Waals surface area (Å²) >= 11 is 0. The smallest absolute Gasteiger partial charge is 0.329 e. The van der Waals surface area contributed by atoms with Crippen LogP contribution in [0, 0.1) is 13.8 Å². The zero-order valence-electron chi connectivity index (χ0n) is 21.8. The predicted octanol–water partition coefficient (Wildman–Crippen LogP) is 2.85. The Labute approximate surface area is 214 Å². The highest BCUT2D eigenvalue weighted by molar-refractivity contribution is 5.83. The molecule has 1 aliphatic heterocycles. The molecule has 0 N–H and O–H groups in total. The second-order valence-electron chi connectivity index (χ2n) is 8.91. The summed E-state index contributed by atoms with van der Waals surface area (Å²) in [5, 5.41) is 8.78. The first kappa shape index (κ1) is 24.3. The number of anilines is 3. The molecule has 1 amide bonds. The summed E-state index contributed by atoms with van der Waals surface area (Å²) in [4.78, 5) is 27.1. The van der Waals surface area contributed by atoms with Crippen molar-refractivity contribution in [1.29, 1.82) is 0 Å². The third kappa shape index (κ3) is 4.39. The molecule has 0 atom stereocenters. The molecule has 1 aromatic carbocycles. The van der Waals surface area contributed by atoms with Crippen LogP contribution in [0.25, 0.3) is 16.8 Å². The van der Waals surface area contributed by atoms with Crippen molar-refractivity contribution in [2.75, 3.05) is 57.2 Å². The lowest BCUT2D eigenvalue weighted by atomic mass is 10.1. The van der Waals surface area contributed by atoms with Crippen LogP contribution in [0.15, 0.2) is 28.8 Å². The van der Waals surface area contributed by atoms with E-state index in [4.69, 9.17) is 24.1 Å². The Morgan fingerprint density at radius 3 is 2.38 bits per heavy atom. The fraction of sp³-hybridized carbons (Fsp3) is 0.400. The number of piperazine rings is 1. The molecule has 1 saturated heterocycles. The van der Waals surface area contributed by atoms with E-state index in [0.29, 0.717) is 61.0 Å². The molecule has 0 unspecified atom stereocenters. The molecule has 12 heteroatoms. The van der Waals surface area contributed by atoms with Gasteiger partial charge in [0.2, 0.25) is 5.91 Å². The topological polar surface area (TPSA) is 114 Å². The number of rotatable bonds is 6. The fourth-order valence-electron chi connectivity index (χ4n) is 4.60. The standard InChI is InChI=1S/C25H30N8O4/c1-15-23(18-7-8-19(35-5)20(13-18)36-6)24-27-21(32-11-9-31(10-12-32)17(3)34)14-22(33(24)28-15)30(4)25-26-16(2)29-37-25/h7-8,13-14H,9-12H2,1-6H3. The van der Waals surface area contributed by atoms with E-state index >= 15 is 0 Å². The van der Waals surface area contributed by atoms with E-state index in [0.717, 1.165) is 22.6 Å². The Hall–Kier alpha value is -4.35. The van der Waals surface area contributed by atoms with Crippen LogP contribution in [0.5, 0.6) is 11.5 Å². The molecule has 4 aromatic rings. The monoisotopic (exact) mass is 506 g/mol. The molecule has 5 rings (SSSR count). The van der Waals surface area contributed by atoms with Gasteiger partial charge in [-0.15, -0.1) is 0 Å². The van der Waals surface area contributed by atoms with Crippen LogP contribution in [-0.4, -0.2) is 83.0 Å². The number of methoxy groups -OCH3 is 2. The highest BCUT2D eigenvalue weighted by Gasteiger charge is 2.26. The third-order valence-electron chi connectivity index (χ3n) is 6.60. The Kier molecular flexibility index (Phi) is 6.32. The van der Waals surface area contributed by atoms with Gasteiger partial charge in [0.25, 0.3) is 0 Å². The molecule has 1 aliphatic rings. The third-order valence-corrected chi connectivity index (χ3v) is 6.60. The van der Waals surface area contributed by atoms with Gasteiger partial charge in [0.05, 0.1) is 19.9 Å². The van der Waals surface area contributed by atoms with E-state index in [1.54, 1.807) is 37.5 Å². The molecule has 0 aliphatic carbocycles. The molecule has 194 valence electrons. The molecule has 3 aromatic heterocycles. The van der Waals surface area contributed by atoms with Crippen LogP contribution in [-0.2, 0) is 4.79 Å². The van der Waals surface area contributed by atoms with Gasteiger partial charge in [0.1, 0.15) is 11.6 Å². The maximum absolute atomic E-state index is 11.9. The van der Waals surface area contributed by atoms with Crippen molar-refractivity contribution in [1.82, 2.24) is 29.6 Å². The first-order chi connectivity index (χ1) is 17.8. The summed E-state index contributed by atoms with van der Waals surface area (Å²) in [5.74, 6) is 3.37. The second-order valence-corrected chi connectivity index (χ2v) is 8.91. The zero-order valence-corrected chi connectivity index (χ0v) is 21.8. The van der Waals surface area contributed by atoms with Gasteiger partial charge >= 0.3 is 6.01 Å². The highest BCUT2D eigenvalue weighted by atomic mass is 16.5. The molecule has 1 fully saturated rings. The van der Waals surface area contributed by atoms with Gasteiger partial charge < -0.3 is 23.8 Å². The number of hydrogen-bond acceptors (Lipinski definition) is 10. The largest absolute Gasteiger partial charge is 0.493 e. The first-order valence-corrected chi connectivity index (χ1v) is 12.0. The number of benzene rings is 1. The number of carbonyl (C=O) groups excluding carboxylic acids is 1. The molecule has 0 saturated carbocycles.